The van der Waals surface area contributed by atoms with Gasteiger partial charge in [-0.25, -0.2) is 4.79 Å². The molecule has 1 aliphatic rings. The highest BCUT2D eigenvalue weighted by atomic mass is 16.5. The second-order valence-electron chi connectivity index (χ2n) is 4.14. The molecule has 15 heavy (non-hydrogen) atoms. The lowest BCUT2D eigenvalue weighted by Crippen LogP contribution is -2.13. The molecular weight excluding hydrogens is 188 g/mol. The minimum absolute atomic E-state index is 0.228. The molecule has 0 N–H and O–H groups in total. The van der Waals surface area contributed by atoms with E-state index in [0.29, 0.717) is 11.5 Å². The molecule has 0 aliphatic heterocycles. The van der Waals surface area contributed by atoms with E-state index < -0.39 is 0 Å². The molecule has 2 heteroatoms. The Bertz CT molecular complexity index is 378. The third-order valence-corrected chi connectivity index (χ3v) is 3.33. The number of methoxy groups -OCH3 is 1. The Morgan fingerprint density at radius 3 is 2.67 bits per heavy atom. The van der Waals surface area contributed by atoms with Crippen LogP contribution in [0.1, 0.15) is 46.7 Å². The summed E-state index contributed by atoms with van der Waals surface area (Å²) in [4.78, 5) is 11.5. The standard InChI is InChI=1S/C13H16O2/c1-9-11(10-5-3-6-10)7-4-8-12(9)13(14)15-2/h4,7-8,10H,3,5-6H2,1-2H3. The van der Waals surface area contributed by atoms with Crippen LogP contribution in [0.3, 0.4) is 0 Å². The maximum Gasteiger partial charge on any atom is 0.338 e. The van der Waals surface area contributed by atoms with Gasteiger partial charge in [0.1, 0.15) is 0 Å². The van der Waals surface area contributed by atoms with Crippen molar-refractivity contribution in [2.45, 2.75) is 32.1 Å². The van der Waals surface area contributed by atoms with E-state index in [-0.39, 0.29) is 5.97 Å². The van der Waals surface area contributed by atoms with Crippen LogP contribution in [-0.4, -0.2) is 13.1 Å². The molecule has 1 aliphatic carbocycles. The topological polar surface area (TPSA) is 26.3 Å². The van der Waals surface area contributed by atoms with Crippen LogP contribution in [0.4, 0.5) is 0 Å². The number of esters is 1. The van der Waals surface area contributed by atoms with Gasteiger partial charge < -0.3 is 4.74 Å². The van der Waals surface area contributed by atoms with Gasteiger partial charge in [0.25, 0.3) is 0 Å². The third-order valence-electron chi connectivity index (χ3n) is 3.33. The molecule has 0 heterocycles. The van der Waals surface area contributed by atoms with E-state index in [9.17, 15) is 4.79 Å². The Balaban J connectivity index is 2.36. The molecule has 0 aromatic heterocycles. The highest BCUT2D eigenvalue weighted by Crippen LogP contribution is 2.38. The van der Waals surface area contributed by atoms with Crippen LogP contribution in [0.15, 0.2) is 18.2 Å². The zero-order valence-corrected chi connectivity index (χ0v) is 9.25. The molecule has 1 saturated carbocycles. The van der Waals surface area contributed by atoms with Crippen LogP contribution in [-0.2, 0) is 4.74 Å². The number of rotatable bonds is 2. The van der Waals surface area contributed by atoms with Gasteiger partial charge in [-0.1, -0.05) is 18.6 Å². The van der Waals surface area contributed by atoms with Crippen LogP contribution in [0, 0.1) is 6.92 Å². The number of carbonyl (C=O) groups excluding carboxylic acids is 1. The van der Waals surface area contributed by atoms with Gasteiger partial charge in [-0.05, 0) is 42.9 Å². The van der Waals surface area contributed by atoms with Crippen molar-refractivity contribution in [3.8, 4) is 0 Å². The second kappa shape index (κ2) is 4.05. The first-order valence-electron chi connectivity index (χ1n) is 5.42. The van der Waals surface area contributed by atoms with Crippen molar-refractivity contribution in [3.63, 3.8) is 0 Å². The first kappa shape index (κ1) is 10.2. The fourth-order valence-corrected chi connectivity index (χ4v) is 2.15. The summed E-state index contributed by atoms with van der Waals surface area (Å²) >= 11 is 0. The number of hydrogen-bond donors (Lipinski definition) is 0. The first-order valence-corrected chi connectivity index (χ1v) is 5.42. The molecule has 1 fully saturated rings. The van der Waals surface area contributed by atoms with E-state index in [1.165, 1.54) is 31.9 Å². The average Bonchev–Trinajstić information content (AvgIpc) is 2.17. The highest BCUT2D eigenvalue weighted by molar-refractivity contribution is 5.91. The Morgan fingerprint density at radius 1 is 1.40 bits per heavy atom. The normalized spacial score (nSPS) is 15.9. The molecule has 0 atom stereocenters. The molecule has 0 saturated heterocycles. The lowest BCUT2D eigenvalue weighted by Gasteiger charge is -2.27. The van der Waals surface area contributed by atoms with Gasteiger partial charge in [0.15, 0.2) is 0 Å². The van der Waals surface area contributed by atoms with Gasteiger partial charge in [-0.3, -0.25) is 0 Å². The van der Waals surface area contributed by atoms with Crippen molar-refractivity contribution in [1.29, 1.82) is 0 Å². The van der Waals surface area contributed by atoms with Crippen molar-refractivity contribution in [2.24, 2.45) is 0 Å². The number of benzene rings is 1. The van der Waals surface area contributed by atoms with Gasteiger partial charge >= 0.3 is 5.97 Å². The van der Waals surface area contributed by atoms with Crippen molar-refractivity contribution < 1.29 is 9.53 Å². The van der Waals surface area contributed by atoms with E-state index >= 15 is 0 Å². The van der Waals surface area contributed by atoms with Crippen LogP contribution >= 0.6 is 0 Å². The van der Waals surface area contributed by atoms with Gasteiger partial charge in [-0.15, -0.1) is 0 Å². The molecule has 0 amide bonds. The van der Waals surface area contributed by atoms with E-state index in [2.05, 4.69) is 6.07 Å². The molecule has 2 rings (SSSR count). The van der Waals surface area contributed by atoms with Crippen LogP contribution in [0.5, 0.6) is 0 Å². The molecule has 2 nitrogen and oxygen atoms in total. The molecular formula is C13H16O2. The van der Waals surface area contributed by atoms with Crippen molar-refractivity contribution >= 4 is 5.97 Å². The van der Waals surface area contributed by atoms with Crippen LogP contribution in [0.25, 0.3) is 0 Å². The molecule has 1 aromatic carbocycles. The molecule has 0 radical (unpaired) electrons. The van der Waals surface area contributed by atoms with Crippen molar-refractivity contribution in [3.05, 3.63) is 34.9 Å². The van der Waals surface area contributed by atoms with Crippen LogP contribution in [0.2, 0.25) is 0 Å². The van der Waals surface area contributed by atoms with Gasteiger partial charge in [0.05, 0.1) is 12.7 Å². The average molecular weight is 204 g/mol. The molecule has 1 aromatic rings. The van der Waals surface area contributed by atoms with E-state index in [1.807, 2.05) is 19.1 Å². The third kappa shape index (κ3) is 1.76. The maximum atomic E-state index is 11.5. The Hall–Kier alpha value is -1.31. The summed E-state index contributed by atoms with van der Waals surface area (Å²) in [6.45, 7) is 2.01. The summed E-state index contributed by atoms with van der Waals surface area (Å²) in [5.41, 5.74) is 3.13. The molecule has 0 unspecified atom stereocenters. The number of hydrogen-bond acceptors (Lipinski definition) is 2. The fourth-order valence-electron chi connectivity index (χ4n) is 2.15. The Morgan fingerprint density at radius 2 is 2.13 bits per heavy atom. The lowest BCUT2D eigenvalue weighted by atomic mass is 9.77. The summed E-state index contributed by atoms with van der Waals surface area (Å²) < 4.78 is 4.76. The van der Waals surface area contributed by atoms with Gasteiger partial charge in [0.2, 0.25) is 0 Å². The van der Waals surface area contributed by atoms with Crippen molar-refractivity contribution in [2.75, 3.05) is 7.11 Å². The van der Waals surface area contributed by atoms with Crippen molar-refractivity contribution in [1.82, 2.24) is 0 Å². The molecule has 80 valence electrons. The molecule has 0 spiro atoms. The van der Waals surface area contributed by atoms with Gasteiger partial charge in [-0.2, -0.15) is 0 Å². The summed E-state index contributed by atoms with van der Waals surface area (Å²) in [5, 5.41) is 0. The minimum Gasteiger partial charge on any atom is -0.465 e. The molecule has 0 bridgehead atoms. The van der Waals surface area contributed by atoms with Crippen LogP contribution < -0.4 is 0 Å². The monoisotopic (exact) mass is 204 g/mol. The second-order valence-corrected chi connectivity index (χ2v) is 4.14. The smallest absolute Gasteiger partial charge is 0.338 e. The van der Waals surface area contributed by atoms with E-state index in [1.54, 1.807) is 0 Å². The largest absolute Gasteiger partial charge is 0.465 e. The Kier molecular flexibility index (Phi) is 2.76. The van der Waals surface area contributed by atoms with Gasteiger partial charge in [0, 0.05) is 0 Å². The predicted molar refractivity (Wildman–Crippen MR) is 59.1 cm³/mol. The quantitative estimate of drug-likeness (QED) is 0.692. The summed E-state index contributed by atoms with van der Waals surface area (Å²) in [5.74, 6) is 0.434. The highest BCUT2D eigenvalue weighted by Gasteiger charge is 2.23. The summed E-state index contributed by atoms with van der Waals surface area (Å²) in [7, 11) is 1.43. The number of carbonyl (C=O) groups is 1. The Labute approximate surface area is 90.3 Å². The SMILES string of the molecule is COC(=O)c1cccc(C2CCC2)c1C. The van der Waals surface area contributed by atoms with E-state index in [4.69, 9.17) is 4.74 Å². The summed E-state index contributed by atoms with van der Waals surface area (Å²) in [6.07, 6.45) is 3.82. The predicted octanol–water partition coefficient (Wildman–Crippen LogP) is 3.05. The zero-order valence-electron chi connectivity index (χ0n) is 9.25. The lowest BCUT2D eigenvalue weighted by molar-refractivity contribution is 0.0599. The minimum atomic E-state index is -0.228. The fraction of sp³-hybridized carbons (Fsp3) is 0.462. The summed E-state index contributed by atoms with van der Waals surface area (Å²) in [6, 6.07) is 5.92. The number of ether oxygens (including phenoxy) is 1. The van der Waals surface area contributed by atoms with E-state index in [0.717, 1.165) is 5.56 Å². The maximum absolute atomic E-state index is 11.5. The first-order chi connectivity index (χ1) is 7.24. The zero-order chi connectivity index (χ0) is 10.8.